The number of hydrogen-bond donors (Lipinski definition) is 2. The number of benzene rings is 1. The first kappa shape index (κ1) is 11.6. The van der Waals surface area contributed by atoms with Gasteiger partial charge in [0.1, 0.15) is 0 Å². The van der Waals surface area contributed by atoms with E-state index in [0.29, 0.717) is 11.3 Å². The molecule has 84 valence electrons. The molecule has 16 heavy (non-hydrogen) atoms. The summed E-state index contributed by atoms with van der Waals surface area (Å²) in [4.78, 5) is 2.93. The number of imidazole rings is 1. The summed E-state index contributed by atoms with van der Waals surface area (Å²) in [6.07, 6.45) is 1.74. The van der Waals surface area contributed by atoms with Gasteiger partial charge >= 0.3 is 0 Å². The highest BCUT2D eigenvalue weighted by atomic mass is 79.9. The van der Waals surface area contributed by atoms with Crippen LogP contribution in [0, 0.1) is 4.77 Å². The van der Waals surface area contributed by atoms with Crippen molar-refractivity contribution in [1.82, 2.24) is 9.55 Å². The van der Waals surface area contributed by atoms with Crippen molar-refractivity contribution in [2.75, 3.05) is 0 Å². The van der Waals surface area contributed by atoms with Crippen molar-refractivity contribution in [3.05, 3.63) is 51.0 Å². The van der Waals surface area contributed by atoms with E-state index in [4.69, 9.17) is 12.2 Å². The Morgan fingerprint density at radius 3 is 2.81 bits per heavy atom. The lowest BCUT2D eigenvalue weighted by Gasteiger charge is -2.08. The fraction of sp³-hybridized carbons (Fsp3) is 0.182. The van der Waals surface area contributed by atoms with Gasteiger partial charge in [0, 0.05) is 10.7 Å². The van der Waals surface area contributed by atoms with Gasteiger partial charge in [-0.15, -0.1) is 0 Å². The summed E-state index contributed by atoms with van der Waals surface area (Å²) in [5, 5.41) is 9.18. The lowest BCUT2D eigenvalue weighted by atomic mass is 10.2. The Balaban J connectivity index is 2.37. The zero-order valence-electron chi connectivity index (χ0n) is 8.48. The van der Waals surface area contributed by atoms with Crippen molar-refractivity contribution in [2.45, 2.75) is 13.2 Å². The predicted molar refractivity (Wildman–Crippen MR) is 68.8 cm³/mol. The Labute approximate surface area is 107 Å². The molecule has 0 atom stereocenters. The maximum atomic E-state index is 9.18. The van der Waals surface area contributed by atoms with Gasteiger partial charge in [0.05, 0.1) is 18.8 Å². The van der Waals surface area contributed by atoms with Crippen LogP contribution < -0.4 is 0 Å². The summed E-state index contributed by atoms with van der Waals surface area (Å²) >= 11 is 8.66. The first-order chi connectivity index (χ1) is 7.72. The zero-order chi connectivity index (χ0) is 11.5. The second-order valence-electron chi connectivity index (χ2n) is 3.42. The third kappa shape index (κ3) is 2.26. The number of aromatic amines is 1. The van der Waals surface area contributed by atoms with E-state index >= 15 is 0 Å². The monoisotopic (exact) mass is 298 g/mol. The number of aliphatic hydroxyl groups is 1. The predicted octanol–water partition coefficient (Wildman–Crippen LogP) is 2.85. The maximum absolute atomic E-state index is 9.18. The van der Waals surface area contributed by atoms with Gasteiger partial charge < -0.3 is 14.7 Å². The highest BCUT2D eigenvalue weighted by molar-refractivity contribution is 9.10. The summed E-state index contributed by atoms with van der Waals surface area (Å²) in [7, 11) is 0. The quantitative estimate of drug-likeness (QED) is 0.856. The maximum Gasteiger partial charge on any atom is 0.177 e. The van der Waals surface area contributed by atoms with Crippen LogP contribution in [-0.4, -0.2) is 14.7 Å². The lowest BCUT2D eigenvalue weighted by Crippen LogP contribution is -2.04. The topological polar surface area (TPSA) is 40.9 Å². The number of nitrogens with zero attached hydrogens (tertiary/aromatic N) is 1. The van der Waals surface area contributed by atoms with Crippen molar-refractivity contribution in [1.29, 1.82) is 0 Å². The molecule has 0 bridgehead atoms. The molecule has 1 aromatic heterocycles. The third-order valence-electron chi connectivity index (χ3n) is 2.40. The second kappa shape index (κ2) is 4.95. The van der Waals surface area contributed by atoms with Gasteiger partial charge in [-0.1, -0.05) is 34.1 Å². The van der Waals surface area contributed by atoms with Crippen LogP contribution in [0.4, 0.5) is 0 Å². The summed E-state index contributed by atoms with van der Waals surface area (Å²) in [5.41, 5.74) is 1.92. The smallest absolute Gasteiger partial charge is 0.177 e. The molecular formula is C11H11BrN2OS. The summed E-state index contributed by atoms with van der Waals surface area (Å²) in [6, 6.07) is 7.97. The van der Waals surface area contributed by atoms with E-state index in [1.807, 2.05) is 28.8 Å². The van der Waals surface area contributed by atoms with Gasteiger partial charge in [-0.25, -0.2) is 0 Å². The van der Waals surface area contributed by atoms with E-state index in [9.17, 15) is 5.11 Å². The zero-order valence-corrected chi connectivity index (χ0v) is 10.9. The molecule has 5 heteroatoms. The van der Waals surface area contributed by atoms with E-state index in [1.165, 1.54) is 0 Å². The van der Waals surface area contributed by atoms with Crippen molar-refractivity contribution in [3.8, 4) is 0 Å². The van der Waals surface area contributed by atoms with Crippen LogP contribution in [0.3, 0.4) is 0 Å². The van der Waals surface area contributed by atoms with E-state index < -0.39 is 0 Å². The average molecular weight is 299 g/mol. The molecule has 0 saturated heterocycles. The Morgan fingerprint density at radius 2 is 2.12 bits per heavy atom. The minimum Gasteiger partial charge on any atom is -0.390 e. The molecule has 3 nitrogen and oxygen atoms in total. The third-order valence-corrected chi connectivity index (χ3v) is 3.51. The molecular weight excluding hydrogens is 288 g/mol. The highest BCUT2D eigenvalue weighted by Crippen LogP contribution is 2.18. The minimum absolute atomic E-state index is 0.0163. The number of nitrogens with one attached hydrogen (secondary N) is 1. The number of aliphatic hydroxyl groups excluding tert-OH is 1. The van der Waals surface area contributed by atoms with Gasteiger partial charge in [0.2, 0.25) is 0 Å². The first-order valence-corrected chi connectivity index (χ1v) is 6.04. The van der Waals surface area contributed by atoms with E-state index in [2.05, 4.69) is 20.9 Å². The van der Waals surface area contributed by atoms with Gasteiger partial charge in [-0.05, 0) is 23.8 Å². The van der Waals surface area contributed by atoms with Crippen LogP contribution in [0.5, 0.6) is 0 Å². The van der Waals surface area contributed by atoms with Gasteiger partial charge in [-0.3, -0.25) is 0 Å². The fourth-order valence-electron chi connectivity index (χ4n) is 1.53. The molecule has 1 aromatic carbocycles. The minimum atomic E-state index is -0.0163. The molecule has 0 fully saturated rings. The highest BCUT2D eigenvalue weighted by Gasteiger charge is 2.05. The van der Waals surface area contributed by atoms with Crippen molar-refractivity contribution >= 4 is 28.1 Å². The molecule has 0 radical (unpaired) electrons. The van der Waals surface area contributed by atoms with Crippen LogP contribution in [0.15, 0.2) is 34.9 Å². The van der Waals surface area contributed by atoms with Crippen LogP contribution in [0.25, 0.3) is 0 Å². The van der Waals surface area contributed by atoms with Crippen LogP contribution in [-0.2, 0) is 13.2 Å². The second-order valence-corrected chi connectivity index (χ2v) is 4.66. The Kier molecular flexibility index (Phi) is 3.58. The summed E-state index contributed by atoms with van der Waals surface area (Å²) in [5.74, 6) is 0. The Hall–Kier alpha value is -0.910. The van der Waals surface area contributed by atoms with Crippen molar-refractivity contribution in [2.24, 2.45) is 0 Å². The van der Waals surface area contributed by atoms with Crippen LogP contribution >= 0.6 is 28.1 Å². The van der Waals surface area contributed by atoms with Gasteiger partial charge in [-0.2, -0.15) is 0 Å². The molecule has 0 spiro atoms. The molecule has 0 saturated carbocycles. The number of halogens is 1. The largest absolute Gasteiger partial charge is 0.390 e. The molecule has 2 aromatic rings. The molecule has 0 aliphatic rings. The number of rotatable bonds is 3. The standard InChI is InChI=1S/C11H11BrN2OS/c12-10-4-2-1-3-8(10)6-14-9(7-15)5-13-11(14)16/h1-5,15H,6-7H2,(H,13,16). The lowest BCUT2D eigenvalue weighted by molar-refractivity contribution is 0.271. The van der Waals surface area contributed by atoms with Crippen LogP contribution in [0.2, 0.25) is 0 Å². The number of H-pyrrole nitrogens is 1. The average Bonchev–Trinajstić information content (AvgIpc) is 2.63. The Bertz CT molecular complexity index is 547. The van der Waals surface area contributed by atoms with E-state index in [1.54, 1.807) is 6.20 Å². The SMILES string of the molecule is OCc1c[nH]c(=S)n1Cc1ccccc1Br. The van der Waals surface area contributed by atoms with Gasteiger partial charge in [0.25, 0.3) is 0 Å². The molecule has 0 amide bonds. The van der Waals surface area contributed by atoms with E-state index in [0.717, 1.165) is 15.7 Å². The molecule has 0 aliphatic carbocycles. The molecule has 1 heterocycles. The first-order valence-electron chi connectivity index (χ1n) is 4.83. The summed E-state index contributed by atoms with van der Waals surface area (Å²) < 4.78 is 3.55. The van der Waals surface area contributed by atoms with Crippen molar-refractivity contribution in [3.63, 3.8) is 0 Å². The fourth-order valence-corrected chi connectivity index (χ4v) is 2.18. The normalized spacial score (nSPS) is 10.6. The molecule has 0 aliphatic heterocycles. The van der Waals surface area contributed by atoms with Crippen LogP contribution in [0.1, 0.15) is 11.3 Å². The molecule has 2 N–H and O–H groups in total. The van der Waals surface area contributed by atoms with E-state index in [-0.39, 0.29) is 6.61 Å². The van der Waals surface area contributed by atoms with Crippen molar-refractivity contribution < 1.29 is 5.11 Å². The molecule has 2 rings (SSSR count). The number of hydrogen-bond acceptors (Lipinski definition) is 2. The number of aromatic nitrogens is 2. The van der Waals surface area contributed by atoms with Gasteiger partial charge in [0.15, 0.2) is 4.77 Å². The Morgan fingerprint density at radius 1 is 1.38 bits per heavy atom. The summed E-state index contributed by atoms with van der Waals surface area (Å²) in [6.45, 7) is 0.636. The molecule has 0 unspecified atom stereocenters.